The Morgan fingerprint density at radius 1 is 1.33 bits per heavy atom. The predicted molar refractivity (Wildman–Crippen MR) is 88.1 cm³/mol. The summed E-state index contributed by atoms with van der Waals surface area (Å²) in [5, 5.41) is 0. The number of benzene rings is 2. The summed E-state index contributed by atoms with van der Waals surface area (Å²) in [4.78, 5) is 0. The Labute approximate surface area is 133 Å². The maximum absolute atomic E-state index is 6.05. The molecule has 3 nitrogen and oxygen atoms in total. The van der Waals surface area contributed by atoms with Crippen LogP contribution in [0.25, 0.3) is 0 Å². The monoisotopic (exact) mass is 347 g/mol. The van der Waals surface area contributed by atoms with Gasteiger partial charge in [0.05, 0.1) is 18.9 Å². The summed E-state index contributed by atoms with van der Waals surface area (Å²) in [7, 11) is 0. The van der Waals surface area contributed by atoms with E-state index in [4.69, 9.17) is 15.2 Å². The molecule has 0 bridgehead atoms. The van der Waals surface area contributed by atoms with E-state index in [1.807, 2.05) is 37.3 Å². The van der Waals surface area contributed by atoms with Gasteiger partial charge in [0.1, 0.15) is 11.5 Å². The zero-order chi connectivity index (χ0) is 14.8. The van der Waals surface area contributed by atoms with Gasteiger partial charge in [-0.3, -0.25) is 0 Å². The van der Waals surface area contributed by atoms with Crippen LogP contribution in [0, 0.1) is 6.92 Å². The molecule has 2 aromatic carbocycles. The highest BCUT2D eigenvalue weighted by atomic mass is 79.9. The molecule has 2 N–H and O–H groups in total. The van der Waals surface area contributed by atoms with Crippen molar-refractivity contribution < 1.29 is 9.47 Å². The van der Waals surface area contributed by atoms with E-state index in [2.05, 4.69) is 22.0 Å². The largest absolute Gasteiger partial charge is 0.493 e. The molecule has 0 radical (unpaired) electrons. The third-order valence-corrected chi connectivity index (χ3v) is 4.24. The Morgan fingerprint density at radius 3 is 2.95 bits per heavy atom. The topological polar surface area (TPSA) is 44.5 Å². The minimum absolute atomic E-state index is 0.345. The van der Waals surface area contributed by atoms with Crippen LogP contribution in [0.4, 0.5) is 5.69 Å². The maximum Gasteiger partial charge on any atom is 0.145 e. The molecular weight excluding hydrogens is 330 g/mol. The van der Waals surface area contributed by atoms with Gasteiger partial charge in [-0.1, -0.05) is 34.1 Å². The van der Waals surface area contributed by atoms with Crippen LogP contribution in [0.15, 0.2) is 40.9 Å². The van der Waals surface area contributed by atoms with Gasteiger partial charge < -0.3 is 15.2 Å². The van der Waals surface area contributed by atoms with E-state index in [9.17, 15) is 0 Å². The Kier molecular flexibility index (Phi) is 4.06. The molecule has 0 fully saturated rings. The summed E-state index contributed by atoms with van der Waals surface area (Å²) in [5.74, 6) is 2.09. The third-order valence-electron chi connectivity index (χ3n) is 3.78. The van der Waals surface area contributed by atoms with Gasteiger partial charge in [-0.05, 0) is 37.1 Å². The van der Waals surface area contributed by atoms with E-state index in [0.29, 0.717) is 18.2 Å². The lowest BCUT2D eigenvalue weighted by Gasteiger charge is -2.26. The van der Waals surface area contributed by atoms with E-state index < -0.39 is 0 Å². The van der Waals surface area contributed by atoms with Crippen molar-refractivity contribution in [1.82, 2.24) is 0 Å². The zero-order valence-corrected chi connectivity index (χ0v) is 13.5. The maximum atomic E-state index is 6.05. The van der Waals surface area contributed by atoms with Gasteiger partial charge in [0.25, 0.3) is 0 Å². The first-order valence-electron chi connectivity index (χ1n) is 7.05. The fourth-order valence-electron chi connectivity index (χ4n) is 2.73. The number of hydrogen-bond acceptors (Lipinski definition) is 3. The lowest BCUT2D eigenvalue weighted by Crippen LogP contribution is -2.20. The number of rotatable bonds is 3. The normalized spacial score (nSPS) is 17.0. The van der Waals surface area contributed by atoms with Crippen LogP contribution in [0.5, 0.6) is 11.5 Å². The van der Waals surface area contributed by atoms with Gasteiger partial charge in [0.2, 0.25) is 0 Å². The SMILES string of the molecule is Cc1cc(Br)cc(N)c1OCC1CCOc2ccccc21. The summed E-state index contributed by atoms with van der Waals surface area (Å²) in [6, 6.07) is 12.1. The fraction of sp³-hybridized carbons (Fsp3) is 0.294. The van der Waals surface area contributed by atoms with Crippen LogP contribution < -0.4 is 15.2 Å². The molecule has 0 spiro atoms. The number of para-hydroxylation sites is 1. The molecule has 4 heteroatoms. The van der Waals surface area contributed by atoms with Crippen LogP contribution in [0.3, 0.4) is 0 Å². The van der Waals surface area contributed by atoms with Gasteiger partial charge in [-0.15, -0.1) is 0 Å². The fourth-order valence-corrected chi connectivity index (χ4v) is 3.32. The Bertz CT molecular complexity index is 634. The lowest BCUT2D eigenvalue weighted by atomic mass is 9.94. The minimum Gasteiger partial charge on any atom is -0.493 e. The van der Waals surface area contributed by atoms with E-state index in [0.717, 1.165) is 34.6 Å². The standard InChI is InChI=1S/C17H18BrNO2/c1-11-8-13(18)9-15(19)17(11)21-10-12-6-7-20-16-5-3-2-4-14(12)16/h2-5,8-9,12H,6-7,10,19H2,1H3. The predicted octanol–water partition coefficient (Wildman–Crippen LogP) is 4.28. The van der Waals surface area contributed by atoms with Crippen molar-refractivity contribution in [2.45, 2.75) is 19.3 Å². The average Bonchev–Trinajstić information content (AvgIpc) is 2.46. The molecule has 2 aromatic rings. The zero-order valence-electron chi connectivity index (χ0n) is 11.9. The van der Waals surface area contributed by atoms with E-state index in [1.165, 1.54) is 5.56 Å². The van der Waals surface area contributed by atoms with Gasteiger partial charge in [-0.2, -0.15) is 0 Å². The molecule has 0 saturated heterocycles. The van der Waals surface area contributed by atoms with Crippen molar-refractivity contribution in [2.24, 2.45) is 0 Å². The number of nitrogens with two attached hydrogens (primary N) is 1. The Hall–Kier alpha value is -1.68. The second kappa shape index (κ2) is 5.98. The van der Waals surface area contributed by atoms with Crippen LogP contribution in [0.1, 0.15) is 23.5 Å². The van der Waals surface area contributed by atoms with Crippen molar-refractivity contribution in [2.75, 3.05) is 18.9 Å². The highest BCUT2D eigenvalue weighted by molar-refractivity contribution is 9.10. The van der Waals surface area contributed by atoms with Crippen molar-refractivity contribution >= 4 is 21.6 Å². The second-order valence-electron chi connectivity index (χ2n) is 5.32. The minimum atomic E-state index is 0.345. The first-order valence-corrected chi connectivity index (χ1v) is 7.84. The molecule has 110 valence electrons. The lowest BCUT2D eigenvalue weighted by molar-refractivity contribution is 0.217. The molecule has 0 aliphatic carbocycles. The van der Waals surface area contributed by atoms with Crippen molar-refractivity contribution in [3.05, 3.63) is 52.0 Å². The molecule has 1 unspecified atom stereocenters. The van der Waals surface area contributed by atoms with Crippen molar-refractivity contribution in [3.63, 3.8) is 0 Å². The highest BCUT2D eigenvalue weighted by Crippen LogP contribution is 2.35. The highest BCUT2D eigenvalue weighted by Gasteiger charge is 2.22. The van der Waals surface area contributed by atoms with Crippen molar-refractivity contribution in [3.8, 4) is 11.5 Å². The number of halogens is 1. The van der Waals surface area contributed by atoms with Crippen LogP contribution in [-0.2, 0) is 0 Å². The number of nitrogen functional groups attached to an aromatic ring is 1. The van der Waals surface area contributed by atoms with E-state index in [1.54, 1.807) is 0 Å². The first-order chi connectivity index (χ1) is 10.1. The molecule has 0 amide bonds. The average molecular weight is 348 g/mol. The van der Waals surface area contributed by atoms with Gasteiger partial charge in [0.15, 0.2) is 0 Å². The second-order valence-corrected chi connectivity index (χ2v) is 6.24. The molecule has 1 atom stereocenters. The molecule has 21 heavy (non-hydrogen) atoms. The summed E-state index contributed by atoms with van der Waals surface area (Å²) in [5.41, 5.74) is 8.98. The van der Waals surface area contributed by atoms with Crippen molar-refractivity contribution in [1.29, 1.82) is 0 Å². The number of anilines is 1. The van der Waals surface area contributed by atoms with E-state index in [-0.39, 0.29) is 0 Å². The molecule has 1 aliphatic rings. The number of ether oxygens (including phenoxy) is 2. The molecule has 1 aliphatic heterocycles. The van der Waals surface area contributed by atoms with Crippen LogP contribution in [-0.4, -0.2) is 13.2 Å². The molecule has 3 rings (SSSR count). The summed E-state index contributed by atoms with van der Waals surface area (Å²) in [6.07, 6.45) is 0.965. The number of aryl methyl sites for hydroxylation is 1. The quantitative estimate of drug-likeness (QED) is 0.842. The Morgan fingerprint density at radius 2 is 2.14 bits per heavy atom. The summed E-state index contributed by atoms with van der Waals surface area (Å²) in [6.45, 7) is 3.36. The van der Waals surface area contributed by atoms with Crippen LogP contribution in [0.2, 0.25) is 0 Å². The molecular formula is C17H18BrNO2. The van der Waals surface area contributed by atoms with Crippen LogP contribution >= 0.6 is 15.9 Å². The molecule has 0 saturated carbocycles. The first kappa shape index (κ1) is 14.3. The molecule has 0 aromatic heterocycles. The van der Waals surface area contributed by atoms with Gasteiger partial charge in [-0.25, -0.2) is 0 Å². The Balaban J connectivity index is 1.78. The summed E-state index contributed by atoms with van der Waals surface area (Å²) >= 11 is 3.44. The number of hydrogen-bond donors (Lipinski definition) is 1. The van der Waals surface area contributed by atoms with Gasteiger partial charge >= 0.3 is 0 Å². The van der Waals surface area contributed by atoms with E-state index >= 15 is 0 Å². The number of fused-ring (bicyclic) bond motifs is 1. The summed E-state index contributed by atoms with van der Waals surface area (Å²) < 4.78 is 12.7. The third kappa shape index (κ3) is 3.00. The van der Waals surface area contributed by atoms with Gasteiger partial charge in [0, 0.05) is 16.0 Å². The molecule has 1 heterocycles. The smallest absolute Gasteiger partial charge is 0.145 e.